The predicted octanol–water partition coefficient (Wildman–Crippen LogP) is 2.89. The Balaban J connectivity index is 2.67. The van der Waals surface area contributed by atoms with Gasteiger partial charge in [-0.3, -0.25) is 0 Å². The van der Waals surface area contributed by atoms with Gasteiger partial charge in [-0.2, -0.15) is 5.26 Å². The van der Waals surface area contributed by atoms with E-state index in [0.717, 1.165) is 0 Å². The lowest BCUT2D eigenvalue weighted by atomic mass is 9.75. The molecule has 1 rings (SSSR count). The molecular weight excluding hydrogens is 134 g/mol. The Hall–Kier alpha value is -0.770. The summed E-state index contributed by atoms with van der Waals surface area (Å²) in [5.41, 5.74) is -0.170. The van der Waals surface area contributed by atoms with Gasteiger partial charge in [0.15, 0.2) is 0 Å². The van der Waals surface area contributed by atoms with Crippen LogP contribution in [0.2, 0.25) is 0 Å². The molecule has 0 amide bonds. The molecule has 0 aromatic heterocycles. The largest absolute Gasteiger partial charge is 0.198 e. The maximum Gasteiger partial charge on any atom is 0.0690 e. The molecular formula is C10H15N. The first kappa shape index (κ1) is 8.33. The normalized spacial score (nSPS) is 24.6. The van der Waals surface area contributed by atoms with Crippen molar-refractivity contribution in [3.63, 3.8) is 0 Å². The molecule has 0 unspecified atom stereocenters. The number of rotatable bonds is 1. The van der Waals surface area contributed by atoms with Gasteiger partial charge in [0.05, 0.1) is 11.5 Å². The van der Waals surface area contributed by atoms with Gasteiger partial charge in [-0.1, -0.05) is 12.2 Å². The average molecular weight is 149 g/mol. The lowest BCUT2D eigenvalue weighted by Crippen LogP contribution is -2.21. The van der Waals surface area contributed by atoms with Crippen LogP contribution in [0.15, 0.2) is 12.2 Å². The van der Waals surface area contributed by atoms with Gasteiger partial charge >= 0.3 is 0 Å². The zero-order chi connectivity index (χ0) is 8.32. The molecule has 0 spiro atoms. The van der Waals surface area contributed by atoms with Gasteiger partial charge in [0.25, 0.3) is 0 Å². The van der Waals surface area contributed by atoms with E-state index in [1.54, 1.807) is 0 Å². The first-order valence-electron chi connectivity index (χ1n) is 4.25. The van der Waals surface area contributed by atoms with Crippen molar-refractivity contribution in [1.29, 1.82) is 5.26 Å². The SMILES string of the molecule is CC(C)(C#N)[C@H]1C=CCCC1. The fraction of sp³-hybridized carbons (Fsp3) is 0.700. The lowest BCUT2D eigenvalue weighted by molar-refractivity contribution is 0.321. The summed E-state index contributed by atoms with van der Waals surface area (Å²) in [6.45, 7) is 4.04. The molecule has 0 bridgehead atoms. The lowest BCUT2D eigenvalue weighted by Gasteiger charge is -2.27. The van der Waals surface area contributed by atoms with Crippen molar-refractivity contribution in [3.05, 3.63) is 12.2 Å². The molecule has 11 heavy (non-hydrogen) atoms. The van der Waals surface area contributed by atoms with Gasteiger partial charge in [-0.15, -0.1) is 0 Å². The van der Waals surface area contributed by atoms with Crippen LogP contribution in [0.3, 0.4) is 0 Å². The first-order chi connectivity index (χ1) is 5.17. The summed E-state index contributed by atoms with van der Waals surface area (Å²) in [7, 11) is 0. The summed E-state index contributed by atoms with van der Waals surface area (Å²) < 4.78 is 0. The highest BCUT2D eigenvalue weighted by atomic mass is 14.4. The standard InChI is InChI=1S/C10H15N/c1-10(2,8-11)9-6-4-3-5-7-9/h4,6,9H,3,5,7H2,1-2H3/t9-/m0/s1. The van der Waals surface area contributed by atoms with E-state index in [1.165, 1.54) is 19.3 Å². The molecule has 0 fully saturated rings. The van der Waals surface area contributed by atoms with Crippen LogP contribution in [0.5, 0.6) is 0 Å². The fourth-order valence-electron chi connectivity index (χ4n) is 1.50. The minimum atomic E-state index is -0.170. The second kappa shape index (κ2) is 3.09. The molecule has 1 aliphatic rings. The molecule has 0 saturated heterocycles. The van der Waals surface area contributed by atoms with Crippen molar-refractivity contribution in [2.75, 3.05) is 0 Å². The van der Waals surface area contributed by atoms with Crippen LogP contribution in [-0.4, -0.2) is 0 Å². The Kier molecular flexibility index (Phi) is 2.34. The van der Waals surface area contributed by atoms with E-state index in [2.05, 4.69) is 18.2 Å². The highest BCUT2D eigenvalue weighted by molar-refractivity contribution is 5.06. The van der Waals surface area contributed by atoms with Crippen molar-refractivity contribution in [3.8, 4) is 6.07 Å². The van der Waals surface area contributed by atoms with Crippen molar-refractivity contribution >= 4 is 0 Å². The maximum atomic E-state index is 8.86. The molecule has 0 aromatic carbocycles. The summed E-state index contributed by atoms with van der Waals surface area (Å²) in [6, 6.07) is 2.36. The monoisotopic (exact) mass is 149 g/mol. The molecule has 1 atom stereocenters. The second-order valence-electron chi connectivity index (χ2n) is 3.80. The van der Waals surface area contributed by atoms with Crippen LogP contribution in [0, 0.1) is 22.7 Å². The van der Waals surface area contributed by atoms with Crippen LogP contribution >= 0.6 is 0 Å². The zero-order valence-electron chi connectivity index (χ0n) is 7.30. The third kappa shape index (κ3) is 1.83. The molecule has 1 heteroatoms. The van der Waals surface area contributed by atoms with Gasteiger partial charge < -0.3 is 0 Å². The van der Waals surface area contributed by atoms with Crippen molar-refractivity contribution in [1.82, 2.24) is 0 Å². The second-order valence-corrected chi connectivity index (χ2v) is 3.80. The van der Waals surface area contributed by atoms with Crippen LogP contribution in [0.25, 0.3) is 0 Å². The van der Waals surface area contributed by atoms with E-state index in [4.69, 9.17) is 5.26 Å². The third-order valence-electron chi connectivity index (χ3n) is 2.47. The van der Waals surface area contributed by atoms with E-state index in [9.17, 15) is 0 Å². The van der Waals surface area contributed by atoms with E-state index in [-0.39, 0.29) is 5.41 Å². The average Bonchev–Trinajstić information content (AvgIpc) is 2.06. The molecule has 0 aliphatic heterocycles. The van der Waals surface area contributed by atoms with Crippen LogP contribution in [0.4, 0.5) is 0 Å². The van der Waals surface area contributed by atoms with Crippen molar-refractivity contribution < 1.29 is 0 Å². The van der Waals surface area contributed by atoms with Gasteiger partial charge in [0.2, 0.25) is 0 Å². The number of nitrogens with zero attached hydrogens (tertiary/aromatic N) is 1. The Labute approximate surface area is 68.7 Å². The van der Waals surface area contributed by atoms with Crippen LogP contribution < -0.4 is 0 Å². The zero-order valence-corrected chi connectivity index (χ0v) is 7.30. The van der Waals surface area contributed by atoms with Gasteiger partial charge in [-0.25, -0.2) is 0 Å². The Morgan fingerprint density at radius 3 is 2.73 bits per heavy atom. The molecule has 1 nitrogen and oxygen atoms in total. The summed E-state index contributed by atoms with van der Waals surface area (Å²) >= 11 is 0. The third-order valence-corrected chi connectivity index (χ3v) is 2.47. The molecule has 0 saturated carbocycles. The number of allylic oxidation sites excluding steroid dienone is 2. The summed E-state index contributed by atoms with van der Waals surface area (Å²) in [4.78, 5) is 0. The molecule has 1 aliphatic carbocycles. The predicted molar refractivity (Wildman–Crippen MR) is 45.9 cm³/mol. The van der Waals surface area contributed by atoms with Crippen LogP contribution in [-0.2, 0) is 0 Å². The van der Waals surface area contributed by atoms with Gasteiger partial charge in [0, 0.05) is 0 Å². The van der Waals surface area contributed by atoms with Gasteiger partial charge in [-0.05, 0) is 39.0 Å². The topological polar surface area (TPSA) is 23.8 Å². The molecule has 60 valence electrons. The maximum absolute atomic E-state index is 8.86. The number of hydrogen-bond donors (Lipinski definition) is 0. The minimum Gasteiger partial charge on any atom is -0.198 e. The minimum absolute atomic E-state index is 0.170. The quantitative estimate of drug-likeness (QED) is 0.526. The Bertz CT molecular complexity index is 195. The van der Waals surface area contributed by atoms with Crippen molar-refractivity contribution in [2.24, 2.45) is 11.3 Å². The number of nitriles is 1. The summed E-state index contributed by atoms with van der Waals surface area (Å²) in [5, 5.41) is 8.86. The summed E-state index contributed by atoms with van der Waals surface area (Å²) in [6.07, 6.45) is 8.02. The summed E-state index contributed by atoms with van der Waals surface area (Å²) in [5.74, 6) is 0.473. The molecule has 0 heterocycles. The van der Waals surface area contributed by atoms with E-state index < -0.39 is 0 Å². The van der Waals surface area contributed by atoms with Crippen molar-refractivity contribution in [2.45, 2.75) is 33.1 Å². The van der Waals surface area contributed by atoms with Gasteiger partial charge in [0.1, 0.15) is 0 Å². The van der Waals surface area contributed by atoms with E-state index >= 15 is 0 Å². The highest BCUT2D eigenvalue weighted by Gasteiger charge is 2.27. The Morgan fingerprint density at radius 2 is 2.27 bits per heavy atom. The van der Waals surface area contributed by atoms with E-state index in [1.807, 2.05) is 13.8 Å². The first-order valence-corrected chi connectivity index (χ1v) is 4.25. The smallest absolute Gasteiger partial charge is 0.0690 e. The fourth-order valence-corrected chi connectivity index (χ4v) is 1.50. The number of hydrogen-bond acceptors (Lipinski definition) is 1. The Morgan fingerprint density at radius 1 is 1.55 bits per heavy atom. The van der Waals surface area contributed by atoms with E-state index in [0.29, 0.717) is 5.92 Å². The molecule has 0 radical (unpaired) electrons. The molecule has 0 N–H and O–H groups in total. The van der Waals surface area contributed by atoms with Crippen LogP contribution in [0.1, 0.15) is 33.1 Å². The highest BCUT2D eigenvalue weighted by Crippen LogP contribution is 2.33. The molecule has 0 aromatic rings.